The summed E-state index contributed by atoms with van der Waals surface area (Å²) in [4.78, 5) is 0. The molecule has 0 unspecified atom stereocenters. The Labute approximate surface area is 68.0 Å². The van der Waals surface area contributed by atoms with Crippen LogP contribution in [0.3, 0.4) is 0 Å². The average molecular weight is 159 g/mol. The molecule has 10 heavy (non-hydrogen) atoms. The van der Waals surface area contributed by atoms with E-state index in [0.717, 1.165) is 11.1 Å². The van der Waals surface area contributed by atoms with E-state index in [1.165, 1.54) is 32.1 Å². The summed E-state index contributed by atoms with van der Waals surface area (Å²) in [5.41, 5.74) is 0. The van der Waals surface area contributed by atoms with Gasteiger partial charge >= 0.3 is 0 Å². The van der Waals surface area contributed by atoms with E-state index in [-0.39, 0.29) is 0 Å². The highest BCUT2D eigenvalue weighted by Gasteiger charge is 2.12. The van der Waals surface area contributed by atoms with E-state index >= 15 is 0 Å². The monoisotopic (exact) mass is 159 g/mol. The zero-order chi connectivity index (χ0) is 7.23. The van der Waals surface area contributed by atoms with Crippen LogP contribution in [0.4, 0.5) is 0 Å². The molecule has 0 radical (unpaired) electrons. The van der Waals surface area contributed by atoms with Crippen LogP contribution in [0.5, 0.6) is 0 Å². The smallest absolute Gasteiger partial charge is 0.0418 e. The first-order chi connectivity index (χ1) is 4.93. The van der Waals surface area contributed by atoms with Crippen molar-refractivity contribution in [2.24, 2.45) is 0 Å². The zero-order valence-corrected chi connectivity index (χ0v) is 7.54. The maximum atomic E-state index is 3.18. The summed E-state index contributed by atoms with van der Waals surface area (Å²) in [7, 11) is 2.02. The summed E-state index contributed by atoms with van der Waals surface area (Å²) in [5.74, 6) is 1.13. The molecule has 0 bridgehead atoms. The van der Waals surface area contributed by atoms with Crippen molar-refractivity contribution >= 4 is 11.8 Å². The molecule has 1 nitrogen and oxygen atoms in total. The van der Waals surface area contributed by atoms with Gasteiger partial charge in [-0.2, -0.15) is 0 Å². The molecule has 1 aliphatic carbocycles. The van der Waals surface area contributed by atoms with Crippen molar-refractivity contribution in [3.63, 3.8) is 0 Å². The lowest BCUT2D eigenvalue weighted by Crippen LogP contribution is -2.13. The first-order valence-corrected chi connectivity index (χ1v) is 5.24. The van der Waals surface area contributed by atoms with Crippen molar-refractivity contribution in [1.29, 1.82) is 0 Å². The third kappa shape index (κ3) is 2.93. The number of rotatable bonds is 3. The molecule has 0 aromatic heterocycles. The molecule has 1 saturated carbocycles. The highest BCUT2D eigenvalue weighted by Crippen LogP contribution is 2.27. The van der Waals surface area contributed by atoms with Gasteiger partial charge in [0.1, 0.15) is 0 Å². The minimum atomic E-state index is 0.959. The van der Waals surface area contributed by atoms with Gasteiger partial charge in [-0.3, -0.25) is 0 Å². The van der Waals surface area contributed by atoms with Gasteiger partial charge in [0.05, 0.1) is 0 Å². The Bertz CT molecular complexity index is 79.3. The Morgan fingerprint density at radius 1 is 1.30 bits per heavy atom. The summed E-state index contributed by atoms with van der Waals surface area (Å²) in [6.07, 6.45) is 7.29. The molecule has 2 heteroatoms. The average Bonchev–Trinajstić information content (AvgIpc) is 2.03. The SMILES string of the molecule is CNCSC1CCCCC1. The molecule has 1 fully saturated rings. The second-order valence-corrected chi connectivity index (χ2v) is 4.21. The fourth-order valence-corrected chi connectivity index (χ4v) is 2.50. The van der Waals surface area contributed by atoms with Crippen molar-refractivity contribution < 1.29 is 0 Å². The lowest BCUT2D eigenvalue weighted by atomic mass is 10.0. The van der Waals surface area contributed by atoms with Gasteiger partial charge in [0, 0.05) is 11.1 Å². The minimum absolute atomic E-state index is 0.959. The van der Waals surface area contributed by atoms with E-state index in [9.17, 15) is 0 Å². The van der Waals surface area contributed by atoms with Crippen LogP contribution >= 0.6 is 11.8 Å². The number of hydrogen-bond donors (Lipinski definition) is 1. The van der Waals surface area contributed by atoms with E-state index in [4.69, 9.17) is 0 Å². The lowest BCUT2D eigenvalue weighted by molar-refractivity contribution is 0.515. The Morgan fingerprint density at radius 3 is 2.60 bits per heavy atom. The van der Waals surface area contributed by atoms with Gasteiger partial charge in [-0.15, -0.1) is 11.8 Å². The molecular formula is C8H17NS. The molecule has 0 heterocycles. The Hall–Kier alpha value is 0.310. The van der Waals surface area contributed by atoms with Crippen LogP contribution in [0, 0.1) is 0 Å². The Balaban J connectivity index is 2.02. The highest BCUT2D eigenvalue weighted by atomic mass is 32.2. The fourth-order valence-electron chi connectivity index (χ4n) is 1.43. The zero-order valence-electron chi connectivity index (χ0n) is 6.73. The van der Waals surface area contributed by atoms with Gasteiger partial charge in [0.2, 0.25) is 0 Å². The predicted molar refractivity (Wildman–Crippen MR) is 48.4 cm³/mol. The largest absolute Gasteiger partial charge is 0.311 e. The van der Waals surface area contributed by atoms with Gasteiger partial charge in [-0.1, -0.05) is 19.3 Å². The quantitative estimate of drug-likeness (QED) is 0.634. The Kier molecular flexibility index (Phi) is 4.23. The summed E-state index contributed by atoms with van der Waals surface area (Å²) in [5, 5.41) is 4.14. The second-order valence-electron chi connectivity index (χ2n) is 2.92. The molecule has 1 rings (SSSR count). The van der Waals surface area contributed by atoms with E-state index in [0.29, 0.717) is 0 Å². The van der Waals surface area contributed by atoms with Crippen LogP contribution < -0.4 is 5.32 Å². The van der Waals surface area contributed by atoms with Crippen molar-refractivity contribution in [1.82, 2.24) is 5.32 Å². The summed E-state index contributed by atoms with van der Waals surface area (Å²) >= 11 is 2.09. The second kappa shape index (κ2) is 5.03. The molecule has 60 valence electrons. The molecule has 0 aliphatic heterocycles. The summed E-state index contributed by atoms with van der Waals surface area (Å²) < 4.78 is 0. The first-order valence-electron chi connectivity index (χ1n) is 4.19. The van der Waals surface area contributed by atoms with Crippen LogP contribution in [0.1, 0.15) is 32.1 Å². The molecule has 0 atom stereocenters. The molecule has 0 saturated heterocycles. The van der Waals surface area contributed by atoms with Crippen molar-refractivity contribution in [3.05, 3.63) is 0 Å². The topological polar surface area (TPSA) is 12.0 Å². The van der Waals surface area contributed by atoms with Gasteiger partial charge in [0.15, 0.2) is 0 Å². The van der Waals surface area contributed by atoms with E-state index in [1.54, 1.807) is 0 Å². The normalized spacial score (nSPS) is 21.3. The molecule has 0 amide bonds. The maximum absolute atomic E-state index is 3.18. The van der Waals surface area contributed by atoms with Gasteiger partial charge in [-0.05, 0) is 19.9 Å². The molecule has 0 aromatic carbocycles. The highest BCUT2D eigenvalue weighted by molar-refractivity contribution is 7.99. The van der Waals surface area contributed by atoms with Crippen LogP contribution in [-0.2, 0) is 0 Å². The Morgan fingerprint density at radius 2 is 2.00 bits per heavy atom. The summed E-state index contributed by atoms with van der Waals surface area (Å²) in [6, 6.07) is 0. The van der Waals surface area contributed by atoms with Crippen LogP contribution in [0.15, 0.2) is 0 Å². The molecule has 1 N–H and O–H groups in total. The van der Waals surface area contributed by atoms with Crippen molar-refractivity contribution in [2.75, 3.05) is 12.9 Å². The predicted octanol–water partition coefficient (Wildman–Crippen LogP) is 2.23. The van der Waals surface area contributed by atoms with E-state index in [1.807, 2.05) is 7.05 Å². The van der Waals surface area contributed by atoms with Crippen LogP contribution in [0.2, 0.25) is 0 Å². The number of thioether (sulfide) groups is 1. The number of nitrogens with one attached hydrogen (secondary N) is 1. The molecule has 0 aromatic rings. The van der Waals surface area contributed by atoms with Crippen LogP contribution in [-0.4, -0.2) is 18.2 Å². The summed E-state index contributed by atoms with van der Waals surface area (Å²) in [6.45, 7) is 0. The van der Waals surface area contributed by atoms with Gasteiger partial charge < -0.3 is 5.32 Å². The standard InChI is InChI=1S/C8H17NS/c1-9-7-10-8-5-3-2-4-6-8/h8-9H,2-7H2,1H3. The maximum Gasteiger partial charge on any atom is 0.0418 e. The number of hydrogen-bond acceptors (Lipinski definition) is 2. The molecule has 1 aliphatic rings. The third-order valence-electron chi connectivity index (χ3n) is 2.02. The van der Waals surface area contributed by atoms with Crippen molar-refractivity contribution in [2.45, 2.75) is 37.4 Å². The van der Waals surface area contributed by atoms with E-state index < -0.39 is 0 Å². The van der Waals surface area contributed by atoms with E-state index in [2.05, 4.69) is 17.1 Å². The third-order valence-corrected chi connectivity index (χ3v) is 3.41. The minimum Gasteiger partial charge on any atom is -0.311 e. The first kappa shape index (κ1) is 8.41. The van der Waals surface area contributed by atoms with Crippen molar-refractivity contribution in [3.8, 4) is 0 Å². The van der Waals surface area contributed by atoms with Crippen LogP contribution in [0.25, 0.3) is 0 Å². The lowest BCUT2D eigenvalue weighted by Gasteiger charge is -2.20. The van der Waals surface area contributed by atoms with Gasteiger partial charge in [0.25, 0.3) is 0 Å². The fraction of sp³-hybridized carbons (Fsp3) is 1.00. The molecular weight excluding hydrogens is 142 g/mol. The molecule has 0 spiro atoms. The van der Waals surface area contributed by atoms with Gasteiger partial charge in [-0.25, -0.2) is 0 Å².